The smallest absolute Gasteiger partial charge is 0.408 e. The third-order valence-corrected chi connectivity index (χ3v) is 1.77. The van der Waals surface area contributed by atoms with Gasteiger partial charge in [-0.3, -0.25) is 4.79 Å². The minimum absolute atomic E-state index is 0.397. The van der Waals surface area contributed by atoms with Crippen molar-refractivity contribution in [2.24, 2.45) is 0 Å². The van der Waals surface area contributed by atoms with Crippen LogP contribution in [0.25, 0.3) is 0 Å². The van der Waals surface area contributed by atoms with Gasteiger partial charge < -0.3 is 14.8 Å². The van der Waals surface area contributed by atoms with E-state index in [4.69, 9.17) is 9.47 Å². The van der Waals surface area contributed by atoms with Crippen molar-refractivity contribution in [2.75, 3.05) is 0 Å². The van der Waals surface area contributed by atoms with Gasteiger partial charge in [0.1, 0.15) is 11.7 Å². The Morgan fingerprint density at radius 2 is 1.88 bits per heavy atom. The average Bonchev–Trinajstić information content (AvgIpc) is 2.10. The van der Waals surface area contributed by atoms with Crippen molar-refractivity contribution < 1.29 is 19.1 Å². The molecule has 1 N–H and O–H groups in total. The molecule has 0 rings (SSSR count). The second-order valence-corrected chi connectivity index (χ2v) is 4.74. The van der Waals surface area contributed by atoms with Gasteiger partial charge in [-0.2, -0.15) is 0 Å². The molecule has 5 heteroatoms. The summed E-state index contributed by atoms with van der Waals surface area (Å²) in [6.45, 7) is 11.9. The van der Waals surface area contributed by atoms with E-state index >= 15 is 0 Å². The number of hydrogen-bond acceptors (Lipinski definition) is 4. The van der Waals surface area contributed by atoms with Crippen molar-refractivity contribution in [3.63, 3.8) is 0 Å². The maximum absolute atomic E-state index is 11.5. The van der Waals surface area contributed by atoms with E-state index in [2.05, 4.69) is 11.9 Å². The monoisotopic (exact) mass is 243 g/mol. The van der Waals surface area contributed by atoms with Gasteiger partial charge in [0.15, 0.2) is 0 Å². The summed E-state index contributed by atoms with van der Waals surface area (Å²) in [7, 11) is 0. The van der Waals surface area contributed by atoms with Gasteiger partial charge in [0.05, 0.1) is 6.04 Å². The molecule has 0 saturated carbocycles. The number of esters is 1. The van der Waals surface area contributed by atoms with Crippen LogP contribution in [-0.4, -0.2) is 29.8 Å². The van der Waals surface area contributed by atoms with Gasteiger partial charge in [-0.15, -0.1) is 0 Å². The van der Waals surface area contributed by atoms with Crippen LogP contribution in [0.2, 0.25) is 0 Å². The van der Waals surface area contributed by atoms with Crippen LogP contribution in [0, 0.1) is 0 Å². The highest BCUT2D eigenvalue weighted by atomic mass is 16.6. The molecule has 0 unspecified atom stereocenters. The predicted octanol–water partition coefficient (Wildman–Crippen LogP) is 2.02. The second-order valence-electron chi connectivity index (χ2n) is 4.74. The van der Waals surface area contributed by atoms with Crippen LogP contribution in [-0.2, 0) is 14.3 Å². The van der Waals surface area contributed by atoms with Crippen LogP contribution in [0.4, 0.5) is 4.79 Å². The molecule has 0 radical (unpaired) electrons. The summed E-state index contributed by atoms with van der Waals surface area (Å²) >= 11 is 0. The molecule has 0 spiro atoms. The normalized spacial score (nSPS) is 14.4. The van der Waals surface area contributed by atoms with E-state index in [1.165, 1.54) is 13.0 Å². The molecule has 5 nitrogen and oxygen atoms in total. The maximum atomic E-state index is 11.5. The number of carbonyl (C=O) groups is 2. The number of nitrogens with one attached hydrogen (secondary N) is 1. The Bertz CT molecular complexity index is 293. The molecule has 0 saturated heterocycles. The summed E-state index contributed by atoms with van der Waals surface area (Å²) in [6.07, 6.45) is 0.340. The Balaban J connectivity index is 4.31. The standard InChI is InChI=1S/C12H21NO4/c1-7-10(16-9(3)14)8(2)13-11(15)17-12(4,5)6/h7-8,10H,1H2,2-6H3,(H,13,15)/t8-,10+/m0/s1. The van der Waals surface area contributed by atoms with Crippen molar-refractivity contribution in [2.45, 2.75) is 52.4 Å². The average molecular weight is 243 g/mol. The number of hydrogen-bond donors (Lipinski definition) is 1. The molecule has 0 aromatic rings. The molecule has 2 atom stereocenters. The molecule has 0 bridgehead atoms. The summed E-state index contributed by atoms with van der Waals surface area (Å²) in [4.78, 5) is 22.3. The van der Waals surface area contributed by atoms with Crippen LogP contribution in [0.15, 0.2) is 12.7 Å². The van der Waals surface area contributed by atoms with Crippen LogP contribution >= 0.6 is 0 Å². The highest BCUT2D eigenvalue weighted by Crippen LogP contribution is 2.08. The Kier molecular flexibility index (Phi) is 5.71. The van der Waals surface area contributed by atoms with E-state index in [-0.39, 0.29) is 0 Å². The summed E-state index contributed by atoms with van der Waals surface area (Å²) in [5.41, 5.74) is -0.561. The van der Waals surface area contributed by atoms with E-state index < -0.39 is 29.8 Å². The summed E-state index contributed by atoms with van der Waals surface area (Å²) in [5, 5.41) is 2.58. The number of amides is 1. The number of rotatable bonds is 4. The summed E-state index contributed by atoms with van der Waals surface area (Å²) in [6, 6.07) is -0.397. The number of carbonyl (C=O) groups excluding carboxylic acids is 2. The molecule has 0 aliphatic rings. The van der Waals surface area contributed by atoms with Gasteiger partial charge in [-0.05, 0) is 33.8 Å². The van der Waals surface area contributed by atoms with E-state index in [9.17, 15) is 9.59 Å². The zero-order valence-electron chi connectivity index (χ0n) is 11.1. The molecule has 0 heterocycles. The van der Waals surface area contributed by atoms with Crippen LogP contribution < -0.4 is 5.32 Å². The molecule has 0 aliphatic heterocycles. The quantitative estimate of drug-likeness (QED) is 0.606. The van der Waals surface area contributed by atoms with E-state index in [1.54, 1.807) is 27.7 Å². The van der Waals surface area contributed by atoms with Crippen molar-refractivity contribution in [3.05, 3.63) is 12.7 Å². The lowest BCUT2D eigenvalue weighted by molar-refractivity contribution is -0.145. The summed E-state index contributed by atoms with van der Waals surface area (Å²) in [5.74, 6) is -0.423. The van der Waals surface area contributed by atoms with Gasteiger partial charge in [-0.1, -0.05) is 6.58 Å². The first-order valence-electron chi connectivity index (χ1n) is 5.45. The van der Waals surface area contributed by atoms with Crippen LogP contribution in [0.3, 0.4) is 0 Å². The molecular weight excluding hydrogens is 222 g/mol. The minimum Gasteiger partial charge on any atom is -0.456 e. The lowest BCUT2D eigenvalue weighted by Gasteiger charge is -2.24. The SMILES string of the molecule is C=C[C@@H](OC(C)=O)[C@H](C)NC(=O)OC(C)(C)C. The van der Waals surface area contributed by atoms with Crippen molar-refractivity contribution in [1.29, 1.82) is 0 Å². The van der Waals surface area contributed by atoms with E-state index in [0.29, 0.717) is 0 Å². The molecule has 0 aliphatic carbocycles. The Labute approximate surface area is 102 Å². The lowest BCUT2D eigenvalue weighted by Crippen LogP contribution is -2.44. The highest BCUT2D eigenvalue weighted by molar-refractivity contribution is 5.69. The van der Waals surface area contributed by atoms with Crippen molar-refractivity contribution in [1.82, 2.24) is 5.32 Å². The molecule has 98 valence electrons. The minimum atomic E-state index is -0.569. The molecule has 0 aromatic carbocycles. The lowest BCUT2D eigenvalue weighted by atomic mass is 10.2. The van der Waals surface area contributed by atoms with Gasteiger partial charge in [0.2, 0.25) is 0 Å². The van der Waals surface area contributed by atoms with E-state index in [1.807, 2.05) is 0 Å². The predicted molar refractivity (Wildman–Crippen MR) is 64.6 cm³/mol. The third-order valence-electron chi connectivity index (χ3n) is 1.77. The van der Waals surface area contributed by atoms with Gasteiger partial charge in [0.25, 0.3) is 0 Å². The highest BCUT2D eigenvalue weighted by Gasteiger charge is 2.22. The number of ether oxygens (including phenoxy) is 2. The first-order chi connectivity index (χ1) is 7.65. The fourth-order valence-corrected chi connectivity index (χ4v) is 1.12. The topological polar surface area (TPSA) is 64.6 Å². The fraction of sp³-hybridized carbons (Fsp3) is 0.667. The Morgan fingerprint density at radius 3 is 2.24 bits per heavy atom. The largest absolute Gasteiger partial charge is 0.456 e. The first-order valence-corrected chi connectivity index (χ1v) is 5.45. The Morgan fingerprint density at radius 1 is 1.35 bits per heavy atom. The van der Waals surface area contributed by atoms with Crippen molar-refractivity contribution >= 4 is 12.1 Å². The fourth-order valence-electron chi connectivity index (χ4n) is 1.12. The Hall–Kier alpha value is -1.52. The molecular formula is C12H21NO4. The first kappa shape index (κ1) is 15.5. The van der Waals surface area contributed by atoms with Crippen LogP contribution in [0.1, 0.15) is 34.6 Å². The zero-order valence-corrected chi connectivity index (χ0v) is 11.1. The zero-order chi connectivity index (χ0) is 13.6. The van der Waals surface area contributed by atoms with Crippen molar-refractivity contribution in [3.8, 4) is 0 Å². The van der Waals surface area contributed by atoms with Gasteiger partial charge in [-0.25, -0.2) is 4.79 Å². The second kappa shape index (κ2) is 6.27. The molecule has 0 aromatic heterocycles. The third kappa shape index (κ3) is 7.38. The summed E-state index contributed by atoms with van der Waals surface area (Å²) < 4.78 is 10.0. The van der Waals surface area contributed by atoms with Gasteiger partial charge >= 0.3 is 12.1 Å². The maximum Gasteiger partial charge on any atom is 0.408 e. The van der Waals surface area contributed by atoms with Gasteiger partial charge in [0, 0.05) is 6.92 Å². The van der Waals surface area contributed by atoms with Crippen LogP contribution in [0.5, 0.6) is 0 Å². The van der Waals surface area contributed by atoms with E-state index in [0.717, 1.165) is 0 Å². The molecule has 0 fully saturated rings. The molecule has 17 heavy (non-hydrogen) atoms. The number of alkyl carbamates (subject to hydrolysis) is 1. The molecule has 1 amide bonds.